The highest BCUT2D eigenvalue weighted by Gasteiger charge is 2.11. The average molecular weight is 321 g/mol. The van der Waals surface area contributed by atoms with Crippen molar-refractivity contribution >= 4 is 5.78 Å². The molecule has 0 aliphatic carbocycles. The largest absolute Gasteiger partial charge is 0.493 e. The number of carbonyl (C=O) groups is 1. The minimum Gasteiger partial charge on any atom is -0.493 e. The van der Waals surface area contributed by atoms with Crippen LogP contribution in [0.25, 0.3) is 11.5 Å². The first-order valence-electron chi connectivity index (χ1n) is 7.89. The van der Waals surface area contributed by atoms with Crippen LogP contribution in [0, 0.1) is 6.92 Å². The van der Waals surface area contributed by atoms with Crippen molar-refractivity contribution in [1.29, 1.82) is 0 Å². The van der Waals surface area contributed by atoms with Crippen LogP contribution in [-0.4, -0.2) is 17.4 Å². The molecule has 4 heteroatoms. The Morgan fingerprint density at radius 2 is 1.92 bits per heavy atom. The quantitative estimate of drug-likeness (QED) is 0.628. The van der Waals surface area contributed by atoms with E-state index >= 15 is 0 Å². The molecule has 0 unspecified atom stereocenters. The molecule has 1 heterocycles. The van der Waals surface area contributed by atoms with Gasteiger partial charge in [-0.3, -0.25) is 4.79 Å². The summed E-state index contributed by atoms with van der Waals surface area (Å²) in [4.78, 5) is 16.0. The van der Waals surface area contributed by atoms with Gasteiger partial charge in [-0.05, 0) is 38.1 Å². The molecule has 0 aliphatic rings. The molecule has 122 valence electrons. The van der Waals surface area contributed by atoms with E-state index in [2.05, 4.69) is 4.98 Å². The molecule has 0 fully saturated rings. The maximum atomic E-state index is 11.4. The Kier molecular flexibility index (Phi) is 4.75. The van der Waals surface area contributed by atoms with E-state index in [0.717, 1.165) is 17.0 Å². The van der Waals surface area contributed by atoms with Crippen molar-refractivity contribution in [3.05, 3.63) is 71.6 Å². The van der Waals surface area contributed by atoms with Crippen LogP contribution in [0.4, 0.5) is 0 Å². The first kappa shape index (κ1) is 16.0. The predicted molar refractivity (Wildman–Crippen MR) is 92.3 cm³/mol. The lowest BCUT2D eigenvalue weighted by Crippen LogP contribution is -2.03. The standard InChI is InChI=1S/C20H19NO3/c1-14(22)17-9-6-10-18(13-17)23-12-11-19-15(2)24-20(21-19)16-7-4-3-5-8-16/h3-10,13H,11-12H2,1-2H3. The number of benzene rings is 2. The van der Waals surface area contributed by atoms with Gasteiger partial charge in [0.15, 0.2) is 5.78 Å². The molecular weight excluding hydrogens is 302 g/mol. The van der Waals surface area contributed by atoms with Gasteiger partial charge in [-0.15, -0.1) is 0 Å². The van der Waals surface area contributed by atoms with Gasteiger partial charge in [0.2, 0.25) is 5.89 Å². The van der Waals surface area contributed by atoms with Crippen LogP contribution in [0.15, 0.2) is 59.0 Å². The van der Waals surface area contributed by atoms with Gasteiger partial charge in [0.1, 0.15) is 11.5 Å². The molecule has 0 radical (unpaired) electrons. The summed E-state index contributed by atoms with van der Waals surface area (Å²) in [6, 6.07) is 17.0. The van der Waals surface area contributed by atoms with Gasteiger partial charge in [0, 0.05) is 17.5 Å². The van der Waals surface area contributed by atoms with Crippen LogP contribution in [-0.2, 0) is 6.42 Å². The molecule has 4 nitrogen and oxygen atoms in total. The summed E-state index contributed by atoms with van der Waals surface area (Å²) < 4.78 is 11.5. The van der Waals surface area contributed by atoms with Crippen molar-refractivity contribution < 1.29 is 13.9 Å². The molecule has 24 heavy (non-hydrogen) atoms. The number of ether oxygens (including phenoxy) is 1. The van der Waals surface area contributed by atoms with Crippen molar-refractivity contribution in [1.82, 2.24) is 4.98 Å². The molecule has 1 aromatic heterocycles. The topological polar surface area (TPSA) is 52.3 Å². The zero-order valence-electron chi connectivity index (χ0n) is 13.8. The van der Waals surface area contributed by atoms with Crippen LogP contribution < -0.4 is 4.74 Å². The highest BCUT2D eigenvalue weighted by molar-refractivity contribution is 5.94. The van der Waals surface area contributed by atoms with Crippen molar-refractivity contribution in [3.63, 3.8) is 0 Å². The lowest BCUT2D eigenvalue weighted by molar-refractivity contribution is 0.101. The fraction of sp³-hybridized carbons (Fsp3) is 0.200. The molecule has 3 rings (SSSR count). The van der Waals surface area contributed by atoms with Gasteiger partial charge in [0.05, 0.1) is 12.3 Å². The molecule has 2 aromatic carbocycles. The van der Waals surface area contributed by atoms with Crippen LogP contribution in [0.3, 0.4) is 0 Å². The SMILES string of the molecule is CC(=O)c1cccc(OCCc2nc(-c3ccccc3)oc2C)c1. The van der Waals surface area contributed by atoms with Crippen molar-refractivity contribution in [2.24, 2.45) is 0 Å². The van der Waals surface area contributed by atoms with Crippen molar-refractivity contribution in [2.45, 2.75) is 20.3 Å². The molecule has 0 saturated carbocycles. The summed E-state index contributed by atoms with van der Waals surface area (Å²) in [7, 11) is 0. The zero-order chi connectivity index (χ0) is 16.9. The summed E-state index contributed by atoms with van der Waals surface area (Å²) in [6.45, 7) is 3.93. The number of aromatic nitrogens is 1. The Bertz CT molecular complexity index is 837. The van der Waals surface area contributed by atoms with Crippen LogP contribution in [0.5, 0.6) is 5.75 Å². The summed E-state index contributed by atoms with van der Waals surface area (Å²) in [6.07, 6.45) is 0.645. The Balaban J connectivity index is 1.64. The molecule has 0 saturated heterocycles. The number of ketones is 1. The van der Waals surface area contributed by atoms with E-state index in [1.807, 2.05) is 49.4 Å². The van der Waals surface area contributed by atoms with Crippen LogP contribution >= 0.6 is 0 Å². The van der Waals surface area contributed by atoms with Crippen molar-refractivity contribution in [2.75, 3.05) is 6.61 Å². The molecule has 0 bridgehead atoms. The Labute approximate surface area is 141 Å². The van der Waals surface area contributed by atoms with E-state index in [1.165, 1.54) is 0 Å². The van der Waals surface area contributed by atoms with Crippen molar-refractivity contribution in [3.8, 4) is 17.2 Å². The van der Waals surface area contributed by atoms with Gasteiger partial charge >= 0.3 is 0 Å². The molecule has 0 amide bonds. The highest BCUT2D eigenvalue weighted by atomic mass is 16.5. The third kappa shape index (κ3) is 3.71. The van der Waals surface area contributed by atoms with Crippen LogP contribution in [0.1, 0.15) is 28.7 Å². The molecule has 3 aromatic rings. The Morgan fingerprint density at radius 1 is 1.12 bits per heavy atom. The van der Waals surface area contributed by atoms with Gasteiger partial charge in [0.25, 0.3) is 0 Å². The smallest absolute Gasteiger partial charge is 0.226 e. The zero-order valence-corrected chi connectivity index (χ0v) is 13.8. The molecule has 0 N–H and O–H groups in total. The molecule has 0 atom stereocenters. The highest BCUT2D eigenvalue weighted by Crippen LogP contribution is 2.22. The third-order valence-corrected chi connectivity index (χ3v) is 3.76. The van der Waals surface area contributed by atoms with Gasteiger partial charge < -0.3 is 9.15 Å². The summed E-state index contributed by atoms with van der Waals surface area (Å²) in [5.74, 6) is 2.14. The second-order valence-corrected chi connectivity index (χ2v) is 5.57. The lowest BCUT2D eigenvalue weighted by atomic mass is 10.1. The van der Waals surface area contributed by atoms with Gasteiger partial charge in [-0.2, -0.15) is 0 Å². The van der Waals surface area contributed by atoms with Crippen LogP contribution in [0.2, 0.25) is 0 Å². The van der Waals surface area contributed by atoms with Gasteiger partial charge in [-0.25, -0.2) is 4.98 Å². The van der Waals surface area contributed by atoms with E-state index in [1.54, 1.807) is 19.1 Å². The number of nitrogens with zero attached hydrogens (tertiary/aromatic N) is 1. The number of hydrogen-bond acceptors (Lipinski definition) is 4. The monoisotopic (exact) mass is 321 g/mol. The maximum absolute atomic E-state index is 11.4. The Hall–Kier alpha value is -2.88. The maximum Gasteiger partial charge on any atom is 0.226 e. The number of Topliss-reactive ketones (excluding diaryl/α,β-unsaturated/α-hetero) is 1. The first-order chi connectivity index (χ1) is 11.6. The summed E-state index contributed by atoms with van der Waals surface area (Å²) >= 11 is 0. The Morgan fingerprint density at radius 3 is 2.67 bits per heavy atom. The second kappa shape index (κ2) is 7.13. The third-order valence-electron chi connectivity index (χ3n) is 3.76. The lowest BCUT2D eigenvalue weighted by Gasteiger charge is -2.06. The second-order valence-electron chi connectivity index (χ2n) is 5.57. The van der Waals surface area contributed by atoms with E-state index in [4.69, 9.17) is 9.15 Å². The molecule has 0 spiro atoms. The van der Waals surface area contributed by atoms with E-state index in [-0.39, 0.29) is 5.78 Å². The number of oxazole rings is 1. The van der Waals surface area contributed by atoms with E-state index in [9.17, 15) is 4.79 Å². The summed E-state index contributed by atoms with van der Waals surface area (Å²) in [5, 5.41) is 0. The average Bonchev–Trinajstić information content (AvgIpc) is 2.97. The fourth-order valence-electron chi connectivity index (χ4n) is 2.43. The molecule has 0 aliphatic heterocycles. The predicted octanol–water partition coefficient (Wildman–Crippen LogP) is 4.47. The van der Waals surface area contributed by atoms with E-state index in [0.29, 0.717) is 30.2 Å². The number of rotatable bonds is 6. The number of carbonyl (C=O) groups excluding carboxylic acids is 1. The normalized spacial score (nSPS) is 10.6. The minimum atomic E-state index is 0.0281. The minimum absolute atomic E-state index is 0.0281. The van der Waals surface area contributed by atoms with E-state index < -0.39 is 0 Å². The first-order valence-corrected chi connectivity index (χ1v) is 7.89. The fourth-order valence-corrected chi connectivity index (χ4v) is 2.43. The number of aryl methyl sites for hydroxylation is 1. The summed E-state index contributed by atoms with van der Waals surface area (Å²) in [5.41, 5.74) is 2.50. The molecular formula is C20H19NO3. The number of hydrogen-bond donors (Lipinski definition) is 0. The van der Waals surface area contributed by atoms with Gasteiger partial charge in [-0.1, -0.05) is 30.3 Å².